The number of thiol groups is 2. The zero-order valence-corrected chi connectivity index (χ0v) is 10.1. The molecule has 0 atom stereocenters. The highest BCUT2D eigenvalue weighted by Crippen LogP contribution is 2.08. The molecular weight excluding hydrogens is 212 g/mol. The lowest BCUT2D eigenvalue weighted by Crippen LogP contribution is -1.89. The Bertz CT molecular complexity index is 59.5. The summed E-state index contributed by atoms with van der Waals surface area (Å²) in [5, 5.41) is 0. The van der Waals surface area contributed by atoms with Gasteiger partial charge >= 0.3 is 0 Å². The van der Waals surface area contributed by atoms with E-state index in [-0.39, 0.29) is 0 Å². The molecule has 0 saturated heterocycles. The zero-order chi connectivity index (χ0) is 8.36. The summed E-state index contributed by atoms with van der Waals surface area (Å²) in [6, 6.07) is 0. The minimum atomic E-state index is 1.01. The molecule has 4 heteroatoms. The third-order valence-corrected chi connectivity index (χ3v) is 4.21. The molecule has 0 aliphatic rings. The fraction of sp³-hybridized carbons (Fsp3) is 1.00. The van der Waals surface area contributed by atoms with Gasteiger partial charge in [-0.1, -0.05) is 0 Å². The smallest absolute Gasteiger partial charge is 0.00238 e. The standard InChI is InChI=1S/C7H16S4/c8-2-1-4-10-6-7-11-5-3-9/h8-9H,1-7H2. The van der Waals surface area contributed by atoms with E-state index in [0.717, 1.165) is 11.5 Å². The Morgan fingerprint density at radius 3 is 1.91 bits per heavy atom. The number of rotatable bonds is 8. The summed E-state index contributed by atoms with van der Waals surface area (Å²) in [6.07, 6.45) is 1.24. The van der Waals surface area contributed by atoms with Crippen LogP contribution in [0.2, 0.25) is 0 Å². The molecule has 0 N–H and O–H groups in total. The third kappa shape index (κ3) is 11.4. The minimum absolute atomic E-state index is 1.01. The molecule has 0 aromatic heterocycles. The Morgan fingerprint density at radius 1 is 0.727 bits per heavy atom. The summed E-state index contributed by atoms with van der Waals surface area (Å²) in [5.41, 5.74) is 0. The molecule has 0 spiro atoms. The van der Waals surface area contributed by atoms with Crippen molar-refractivity contribution in [3.8, 4) is 0 Å². The molecular formula is C7H16S4. The summed E-state index contributed by atoms with van der Waals surface area (Å²) in [6.45, 7) is 0. The van der Waals surface area contributed by atoms with Crippen molar-refractivity contribution in [3.63, 3.8) is 0 Å². The van der Waals surface area contributed by atoms with Crippen LogP contribution in [-0.2, 0) is 0 Å². The van der Waals surface area contributed by atoms with Gasteiger partial charge in [0.2, 0.25) is 0 Å². The van der Waals surface area contributed by atoms with Gasteiger partial charge in [-0.05, 0) is 23.7 Å². The van der Waals surface area contributed by atoms with Gasteiger partial charge < -0.3 is 0 Å². The van der Waals surface area contributed by atoms with Crippen LogP contribution in [0.3, 0.4) is 0 Å². The van der Waals surface area contributed by atoms with Crippen molar-refractivity contribution in [1.29, 1.82) is 0 Å². The van der Waals surface area contributed by atoms with Gasteiger partial charge in [0.05, 0.1) is 0 Å². The first kappa shape index (κ1) is 12.4. The Hall–Kier alpha value is 1.40. The van der Waals surface area contributed by atoms with Crippen LogP contribution in [0, 0.1) is 0 Å². The maximum absolute atomic E-state index is 4.15. The van der Waals surface area contributed by atoms with Crippen LogP contribution in [0.15, 0.2) is 0 Å². The van der Waals surface area contributed by atoms with Crippen molar-refractivity contribution in [2.75, 3.05) is 34.5 Å². The van der Waals surface area contributed by atoms with Gasteiger partial charge in [0, 0.05) is 17.3 Å². The molecule has 0 bridgehead atoms. The Morgan fingerprint density at radius 2 is 1.36 bits per heavy atom. The minimum Gasteiger partial charge on any atom is -0.179 e. The van der Waals surface area contributed by atoms with Crippen molar-refractivity contribution >= 4 is 48.8 Å². The highest BCUT2D eigenvalue weighted by molar-refractivity contribution is 8.03. The third-order valence-electron chi connectivity index (χ3n) is 1.05. The molecule has 0 aromatic rings. The largest absolute Gasteiger partial charge is 0.179 e. The topological polar surface area (TPSA) is 0 Å². The molecule has 68 valence electrons. The molecule has 0 saturated carbocycles. The number of hydrogen-bond acceptors (Lipinski definition) is 4. The fourth-order valence-corrected chi connectivity index (χ4v) is 3.14. The van der Waals surface area contributed by atoms with E-state index in [1.807, 2.05) is 23.5 Å². The predicted molar refractivity (Wildman–Crippen MR) is 67.0 cm³/mol. The second-order valence-corrected chi connectivity index (χ2v) is 5.37. The van der Waals surface area contributed by atoms with Crippen LogP contribution in [0.4, 0.5) is 0 Å². The Kier molecular flexibility index (Phi) is 12.9. The molecule has 0 rings (SSSR count). The lowest BCUT2D eigenvalue weighted by Gasteiger charge is -1.99. The van der Waals surface area contributed by atoms with Gasteiger partial charge in [-0.25, -0.2) is 0 Å². The van der Waals surface area contributed by atoms with Crippen molar-refractivity contribution in [1.82, 2.24) is 0 Å². The lowest BCUT2D eigenvalue weighted by molar-refractivity contribution is 1.13. The van der Waals surface area contributed by atoms with Gasteiger partial charge in [0.25, 0.3) is 0 Å². The van der Waals surface area contributed by atoms with Crippen molar-refractivity contribution < 1.29 is 0 Å². The molecule has 0 nitrogen and oxygen atoms in total. The Balaban J connectivity index is 2.69. The molecule has 0 amide bonds. The average molecular weight is 228 g/mol. The van der Waals surface area contributed by atoms with Crippen LogP contribution in [0.25, 0.3) is 0 Å². The van der Waals surface area contributed by atoms with Gasteiger partial charge in [-0.2, -0.15) is 48.8 Å². The van der Waals surface area contributed by atoms with Crippen molar-refractivity contribution in [2.24, 2.45) is 0 Å². The van der Waals surface area contributed by atoms with Crippen molar-refractivity contribution in [3.05, 3.63) is 0 Å². The molecule has 0 aromatic carbocycles. The first-order chi connectivity index (χ1) is 5.41. The van der Waals surface area contributed by atoms with E-state index in [1.54, 1.807) is 0 Å². The van der Waals surface area contributed by atoms with Gasteiger partial charge in [-0.15, -0.1) is 0 Å². The van der Waals surface area contributed by atoms with E-state index >= 15 is 0 Å². The Labute approximate surface area is 89.5 Å². The maximum atomic E-state index is 4.15. The molecule has 0 fully saturated rings. The summed E-state index contributed by atoms with van der Waals surface area (Å²) >= 11 is 12.3. The molecule has 0 radical (unpaired) electrons. The normalized spacial score (nSPS) is 10.4. The van der Waals surface area contributed by atoms with Gasteiger partial charge in [0.1, 0.15) is 0 Å². The quantitative estimate of drug-likeness (QED) is 0.484. The van der Waals surface area contributed by atoms with Crippen LogP contribution in [-0.4, -0.2) is 34.5 Å². The first-order valence-corrected chi connectivity index (χ1v) is 7.36. The predicted octanol–water partition coefficient (Wildman–Crippen LogP) is 2.70. The molecule has 0 aliphatic carbocycles. The summed E-state index contributed by atoms with van der Waals surface area (Å²) in [5.74, 6) is 7.05. The highest BCUT2D eigenvalue weighted by atomic mass is 32.2. The summed E-state index contributed by atoms with van der Waals surface area (Å²) in [7, 11) is 0. The number of thioether (sulfide) groups is 2. The lowest BCUT2D eigenvalue weighted by atomic mass is 10.6. The second-order valence-electron chi connectivity index (χ2n) is 2.03. The van der Waals surface area contributed by atoms with E-state index in [0.29, 0.717) is 0 Å². The second kappa shape index (κ2) is 11.4. The molecule has 0 unspecified atom stereocenters. The average Bonchev–Trinajstić information content (AvgIpc) is 2.03. The van der Waals surface area contributed by atoms with Gasteiger partial charge in [0.15, 0.2) is 0 Å². The molecule has 11 heavy (non-hydrogen) atoms. The number of hydrogen-bond donors (Lipinski definition) is 2. The van der Waals surface area contributed by atoms with E-state index in [2.05, 4.69) is 25.3 Å². The van der Waals surface area contributed by atoms with Crippen LogP contribution in [0.1, 0.15) is 6.42 Å². The van der Waals surface area contributed by atoms with Crippen molar-refractivity contribution in [2.45, 2.75) is 6.42 Å². The van der Waals surface area contributed by atoms with E-state index < -0.39 is 0 Å². The highest BCUT2D eigenvalue weighted by Gasteiger charge is 1.89. The van der Waals surface area contributed by atoms with Crippen LogP contribution in [0.5, 0.6) is 0 Å². The van der Waals surface area contributed by atoms with Crippen LogP contribution < -0.4 is 0 Å². The van der Waals surface area contributed by atoms with Gasteiger partial charge in [-0.3, -0.25) is 0 Å². The first-order valence-electron chi connectivity index (χ1n) is 3.79. The van der Waals surface area contributed by atoms with E-state index in [1.165, 1.54) is 29.4 Å². The van der Waals surface area contributed by atoms with E-state index in [4.69, 9.17) is 0 Å². The summed E-state index contributed by atoms with van der Waals surface area (Å²) in [4.78, 5) is 0. The SMILES string of the molecule is SCCCSCCSCCS. The monoisotopic (exact) mass is 228 g/mol. The fourth-order valence-electron chi connectivity index (χ4n) is 0.553. The molecule has 0 aliphatic heterocycles. The van der Waals surface area contributed by atoms with E-state index in [9.17, 15) is 0 Å². The zero-order valence-electron chi connectivity index (χ0n) is 6.66. The maximum Gasteiger partial charge on any atom is 0.00238 e. The summed E-state index contributed by atoms with van der Waals surface area (Å²) < 4.78 is 0. The van der Waals surface area contributed by atoms with Crippen LogP contribution >= 0.6 is 48.8 Å². The molecule has 0 heterocycles.